The number of hydrogen-bond donors (Lipinski definition) is 0. The predicted octanol–water partition coefficient (Wildman–Crippen LogP) is 4.04. The molecule has 0 aromatic rings. The molecule has 0 bridgehead atoms. The van der Waals surface area contributed by atoms with Crippen molar-refractivity contribution < 1.29 is 0 Å². The van der Waals surface area contributed by atoms with Crippen LogP contribution in [0.3, 0.4) is 0 Å². The normalized spacial score (nSPS) is 1.75. The first-order chi connectivity index (χ1) is 2.00. The van der Waals surface area contributed by atoms with Gasteiger partial charge in [-0.15, -0.1) is 0 Å². The zero-order chi connectivity index (χ0) is 4.00. The first-order valence-corrected chi connectivity index (χ1v) is 0. The van der Waals surface area contributed by atoms with Gasteiger partial charge in [0.15, 0.2) is 0 Å². The minimum Gasteiger partial charge on any atom is -0.197 e. The Morgan fingerprint density at radius 3 is 0.500 bits per heavy atom. The van der Waals surface area contributed by atoms with Crippen molar-refractivity contribution in [3.05, 3.63) is 0 Å². The quantitative estimate of drug-likeness (QED) is 0.509. The maximum absolute atomic E-state index is 5.44. The van der Waals surface area contributed by atoms with E-state index in [0.29, 0.717) is 0 Å². The summed E-state index contributed by atoms with van der Waals surface area (Å²) < 4.78 is 10.9. The standard InChI is InChI=1S/6CH4.2H2S/h6*1H4;2*1H2/i/hD2. The molecule has 0 saturated carbocycles. The maximum Gasteiger partial charge on any atom is 0.0985 e. The van der Waals surface area contributed by atoms with Crippen LogP contribution in [-0.2, 0) is 0 Å². The van der Waals surface area contributed by atoms with E-state index in [1.54, 1.807) is 0 Å². The molecule has 0 unspecified atom stereocenters. The molecule has 0 fully saturated rings. The van der Waals surface area contributed by atoms with Crippen molar-refractivity contribution in [3.63, 3.8) is 0 Å². The van der Waals surface area contributed by atoms with Gasteiger partial charge in [-0.05, 0) is 0 Å². The average molecular weight is 166 g/mol. The van der Waals surface area contributed by atoms with Gasteiger partial charge in [-0.2, -0.15) is 26.8 Å². The highest BCUT2D eigenvalue weighted by atomic mass is 32.1. The van der Waals surface area contributed by atoms with E-state index in [0.717, 1.165) is 0 Å². The van der Waals surface area contributed by atoms with Crippen LogP contribution in [0.2, 0.25) is 0 Å². The Kier molecular flexibility index (Phi) is 6240. The molecule has 0 aliphatic heterocycles. The molecule has 0 radical (unpaired) electrons. The van der Waals surface area contributed by atoms with Crippen molar-refractivity contribution in [2.24, 2.45) is 0 Å². The van der Waals surface area contributed by atoms with Crippen molar-refractivity contribution >= 4 is 26.8 Å². The molecular weight excluding hydrogens is 136 g/mol. The fourth-order valence-electron chi connectivity index (χ4n) is 0. The van der Waals surface area contributed by atoms with Gasteiger partial charge in [0, 0.05) is 0 Å². The molecule has 0 aromatic carbocycles. The van der Waals surface area contributed by atoms with Crippen molar-refractivity contribution in [2.75, 3.05) is 0 Å². The van der Waals surface area contributed by atoms with Gasteiger partial charge >= 0.3 is 0 Å². The van der Waals surface area contributed by atoms with Crippen LogP contribution in [0, 0.1) is 0 Å². The van der Waals surface area contributed by atoms with Gasteiger partial charge in [0.25, 0.3) is 0 Å². The zero-order valence-electron chi connectivity index (χ0n) is 2.89. The summed E-state index contributed by atoms with van der Waals surface area (Å²) in [6.45, 7) is 0. The fraction of sp³-hybridized carbons (Fsp3) is 1.00. The smallest absolute Gasteiger partial charge is 0.0985 e. The van der Waals surface area contributed by atoms with Crippen LogP contribution >= 0.6 is 26.8 Å². The molecule has 0 aliphatic carbocycles. The van der Waals surface area contributed by atoms with Gasteiger partial charge < -0.3 is 0 Å². The molecule has 8 heavy (non-hydrogen) atoms. The van der Waals surface area contributed by atoms with Crippen LogP contribution in [-0.4, -0.2) is 2.25 Å². The highest BCUT2D eigenvalue weighted by molar-refractivity contribution is 7.59. The summed E-state index contributed by atoms with van der Waals surface area (Å²) in [5.74, 6) is 0. The van der Waals surface area contributed by atoms with Crippen molar-refractivity contribution in [1.29, 1.82) is 2.25 Å². The summed E-state index contributed by atoms with van der Waals surface area (Å²) in [5, 5.41) is 0. The molecule has 0 rings (SSSR count). The summed E-state index contributed by atoms with van der Waals surface area (Å²) in [6.07, 6.45) is 0. The molecule has 0 atom stereocenters. The van der Waals surface area contributed by atoms with E-state index >= 15 is 0 Å². The molecule has 0 heterocycles. The van der Waals surface area contributed by atoms with Crippen LogP contribution in [0.1, 0.15) is 44.6 Å². The Hall–Kier alpha value is 0.700. The molecule has 0 N–H and O–H groups in total. The number of hydrogen-bond acceptors (Lipinski definition) is 0. The summed E-state index contributed by atoms with van der Waals surface area (Å²) >= 11 is 5.56. The van der Waals surface area contributed by atoms with Crippen molar-refractivity contribution in [1.82, 2.24) is 0 Å². The summed E-state index contributed by atoms with van der Waals surface area (Å²) in [7, 11) is 0. The molecule has 0 nitrogen and oxygen atoms in total. The first-order valence-electron chi connectivity index (χ1n) is 0.894. The Morgan fingerprint density at radius 1 is 0.500 bits per heavy atom. The lowest BCUT2D eigenvalue weighted by Gasteiger charge is -0.198. The third kappa shape index (κ3) is 444. The Morgan fingerprint density at radius 2 is 0.500 bits per heavy atom. The Balaban J connectivity index is -0.000000000833. The Bertz CT molecular complexity index is 13.7. The molecule has 2 heteroatoms. The van der Waals surface area contributed by atoms with E-state index in [1.165, 1.54) is 0 Å². The third-order valence-electron chi connectivity index (χ3n) is 0. The summed E-state index contributed by atoms with van der Waals surface area (Å²) in [4.78, 5) is 0. The lowest BCUT2D eigenvalue weighted by atomic mass is 12.0. The topological polar surface area (TPSA) is 0 Å². The molecule has 0 aromatic heterocycles. The van der Waals surface area contributed by atoms with Crippen LogP contribution in [0.15, 0.2) is 0 Å². The van der Waals surface area contributed by atoms with Crippen LogP contribution < -0.4 is 0 Å². The lowest BCUT2D eigenvalue weighted by molar-refractivity contribution is 2.50. The molecule has 0 aliphatic rings. The van der Waals surface area contributed by atoms with Crippen molar-refractivity contribution in [3.8, 4) is 0 Å². The van der Waals surface area contributed by atoms with Gasteiger partial charge in [0.05, 0.1) is 2.25 Å². The molecule has 64 valence electrons. The van der Waals surface area contributed by atoms with E-state index < -0.39 is 0 Å². The van der Waals surface area contributed by atoms with Crippen molar-refractivity contribution in [2.45, 2.75) is 44.6 Å². The minimum absolute atomic E-state index is 0. The highest BCUT2D eigenvalue weighted by Crippen LogP contribution is 0.649. The molecular formula is C6H28S2. The van der Waals surface area contributed by atoms with Gasteiger partial charge in [-0.1, -0.05) is 44.6 Å². The van der Waals surface area contributed by atoms with Gasteiger partial charge in [-0.25, -0.2) is 0 Å². The third-order valence-corrected chi connectivity index (χ3v) is 0. The first kappa shape index (κ1) is 70.8. The van der Waals surface area contributed by atoms with Crippen LogP contribution in [0.5, 0.6) is 0 Å². The molecule has 0 spiro atoms. The Labute approximate surface area is 74.2 Å². The minimum atomic E-state index is 0. The summed E-state index contributed by atoms with van der Waals surface area (Å²) in [6, 6.07) is 0. The second-order valence-electron chi connectivity index (χ2n) is 0. The molecule has 0 saturated heterocycles. The maximum atomic E-state index is 5.44. The highest BCUT2D eigenvalue weighted by Gasteiger charge is -0.0725. The monoisotopic (exact) mass is 166 g/mol. The van der Waals surface area contributed by atoms with Crippen LogP contribution in [0.4, 0.5) is 0 Å². The van der Waals surface area contributed by atoms with Gasteiger partial charge in [-0.3, -0.25) is 0 Å². The summed E-state index contributed by atoms with van der Waals surface area (Å²) in [5.41, 5.74) is 0. The lowest BCUT2D eigenvalue weighted by Crippen LogP contribution is 0.143. The van der Waals surface area contributed by atoms with E-state index in [9.17, 15) is 0 Å². The molecule has 0 amide bonds. The van der Waals surface area contributed by atoms with E-state index in [4.69, 9.17) is 2.25 Å². The van der Waals surface area contributed by atoms with E-state index in [-0.39, 0.29) is 44.6 Å². The number of rotatable bonds is 0. The van der Waals surface area contributed by atoms with E-state index in [2.05, 4.69) is 26.8 Å². The fourth-order valence-corrected chi connectivity index (χ4v) is 0. The van der Waals surface area contributed by atoms with Crippen LogP contribution in [0.25, 0.3) is 0 Å². The zero-order valence-corrected chi connectivity index (χ0v) is 2.68. The largest absolute Gasteiger partial charge is 0.197 e. The van der Waals surface area contributed by atoms with Gasteiger partial charge in [0.1, 0.15) is 0 Å². The van der Waals surface area contributed by atoms with Gasteiger partial charge in [0.2, 0.25) is 0 Å². The average Bonchev–Trinajstić information content (AvgIpc) is 1.50. The second-order valence-corrected chi connectivity index (χ2v) is 0. The SMILES string of the molecule is C.C.C.C.C.C.[2H]S.[2H]S. The predicted molar refractivity (Wildman–Crippen MR) is 61.1 cm³/mol. The second kappa shape index (κ2) is 705. The van der Waals surface area contributed by atoms with E-state index in [1.807, 2.05) is 0 Å².